The molecule has 4 aromatic rings. The molecule has 1 aliphatic rings. The van der Waals surface area contributed by atoms with Gasteiger partial charge in [0.05, 0.1) is 11.4 Å². The summed E-state index contributed by atoms with van der Waals surface area (Å²) in [6.07, 6.45) is 5.50. The maximum absolute atomic E-state index is 9.44. The number of nitrogens with zero attached hydrogens (tertiary/aromatic N) is 3. The predicted molar refractivity (Wildman–Crippen MR) is 105 cm³/mol. The van der Waals surface area contributed by atoms with Gasteiger partial charge in [0, 0.05) is 34.5 Å². The first-order chi connectivity index (χ1) is 12.8. The fraction of sp³-hybridized carbons (Fsp3) is 0.0952. The van der Waals surface area contributed by atoms with Crippen LogP contribution in [0.25, 0.3) is 32.6 Å². The maximum atomic E-state index is 9.44. The van der Waals surface area contributed by atoms with E-state index in [1.54, 1.807) is 6.20 Å². The minimum Gasteiger partial charge on any atom is -0.396 e. The quantitative estimate of drug-likeness (QED) is 0.543. The largest absolute Gasteiger partial charge is 0.396 e. The highest BCUT2D eigenvalue weighted by molar-refractivity contribution is 7.20. The van der Waals surface area contributed by atoms with Gasteiger partial charge in [-0.15, -0.1) is 11.3 Å². The summed E-state index contributed by atoms with van der Waals surface area (Å²) in [4.78, 5) is 10.6. The fourth-order valence-electron chi connectivity index (χ4n) is 3.80. The Morgan fingerprint density at radius 2 is 2.00 bits per heavy atom. The zero-order valence-electron chi connectivity index (χ0n) is 13.9. The number of anilines is 1. The third-order valence-electron chi connectivity index (χ3n) is 4.95. The molecule has 124 valence electrons. The Morgan fingerprint density at radius 1 is 1.12 bits per heavy atom. The summed E-state index contributed by atoms with van der Waals surface area (Å²) in [5, 5.41) is 10.3. The molecule has 0 amide bonds. The van der Waals surface area contributed by atoms with Crippen molar-refractivity contribution in [1.82, 2.24) is 9.97 Å². The van der Waals surface area contributed by atoms with Crippen molar-refractivity contribution in [2.45, 2.75) is 12.8 Å². The molecule has 1 aromatic carbocycles. The summed E-state index contributed by atoms with van der Waals surface area (Å²) in [6.45, 7) is 0. The number of hydrogen-bond donors (Lipinski definition) is 1. The number of fused-ring (bicyclic) bond motifs is 4. The zero-order chi connectivity index (χ0) is 17.7. The normalized spacial score (nSPS) is 12.4. The van der Waals surface area contributed by atoms with E-state index in [-0.39, 0.29) is 0 Å². The van der Waals surface area contributed by atoms with Gasteiger partial charge < -0.3 is 5.73 Å². The van der Waals surface area contributed by atoms with Crippen LogP contribution in [-0.2, 0) is 12.8 Å². The first-order valence-electron chi connectivity index (χ1n) is 8.41. The molecule has 3 heterocycles. The van der Waals surface area contributed by atoms with Crippen LogP contribution in [0.5, 0.6) is 0 Å². The SMILES string of the molecule is N#Cc1sc2nc3c(c(-c4cccnc4)c2c1N)CCc1ccccc1-3. The standard InChI is InChI=1S/C21H14N4S/c22-10-16-19(23)18-17(13-5-3-9-24-11-13)15-8-7-12-4-1-2-6-14(12)20(15)25-21(18)26-16/h1-6,9,11H,7-8,23H2. The van der Waals surface area contributed by atoms with Crippen LogP contribution in [0.3, 0.4) is 0 Å². The first kappa shape index (κ1) is 15.1. The first-order valence-corrected chi connectivity index (χ1v) is 9.23. The summed E-state index contributed by atoms with van der Waals surface area (Å²) in [5.41, 5.74) is 13.6. The highest BCUT2D eigenvalue weighted by Gasteiger charge is 2.26. The van der Waals surface area contributed by atoms with Crippen molar-refractivity contribution in [3.63, 3.8) is 0 Å². The molecule has 0 aliphatic heterocycles. The molecule has 5 rings (SSSR count). The number of aromatic nitrogens is 2. The second-order valence-electron chi connectivity index (χ2n) is 6.35. The van der Waals surface area contributed by atoms with Gasteiger partial charge in [0.1, 0.15) is 15.8 Å². The van der Waals surface area contributed by atoms with E-state index < -0.39 is 0 Å². The molecule has 0 unspecified atom stereocenters. The van der Waals surface area contributed by atoms with Crippen molar-refractivity contribution in [2.24, 2.45) is 0 Å². The molecule has 0 fully saturated rings. The van der Waals surface area contributed by atoms with E-state index >= 15 is 0 Å². The van der Waals surface area contributed by atoms with Crippen LogP contribution in [-0.4, -0.2) is 9.97 Å². The number of rotatable bonds is 1. The molecule has 0 spiro atoms. The van der Waals surface area contributed by atoms with Crippen molar-refractivity contribution in [3.8, 4) is 28.5 Å². The van der Waals surface area contributed by atoms with Crippen LogP contribution >= 0.6 is 11.3 Å². The van der Waals surface area contributed by atoms with Crippen LogP contribution in [0, 0.1) is 11.3 Å². The number of aryl methyl sites for hydroxylation is 1. The Balaban J connectivity index is 1.95. The molecule has 2 N–H and O–H groups in total. The van der Waals surface area contributed by atoms with E-state index in [4.69, 9.17) is 10.7 Å². The Kier molecular flexibility index (Phi) is 3.27. The Morgan fingerprint density at radius 3 is 2.81 bits per heavy atom. The predicted octanol–water partition coefficient (Wildman–Crippen LogP) is 4.58. The molecule has 3 aromatic heterocycles. The average molecular weight is 354 g/mol. The van der Waals surface area contributed by atoms with Gasteiger partial charge >= 0.3 is 0 Å². The monoisotopic (exact) mass is 354 g/mol. The van der Waals surface area contributed by atoms with Gasteiger partial charge in [-0.2, -0.15) is 5.26 Å². The lowest BCUT2D eigenvalue weighted by molar-refractivity contribution is 0.935. The van der Waals surface area contributed by atoms with E-state index in [0.29, 0.717) is 10.6 Å². The number of benzene rings is 1. The van der Waals surface area contributed by atoms with Crippen molar-refractivity contribution >= 4 is 27.2 Å². The number of nitrogens with two attached hydrogens (primary N) is 1. The average Bonchev–Trinajstić information content (AvgIpc) is 3.02. The molecule has 0 radical (unpaired) electrons. The smallest absolute Gasteiger partial charge is 0.130 e. The molecule has 0 atom stereocenters. The minimum absolute atomic E-state index is 0.522. The number of thiophene rings is 1. The lowest BCUT2D eigenvalue weighted by atomic mass is 9.84. The Hall–Kier alpha value is -3.23. The molecule has 1 aliphatic carbocycles. The van der Waals surface area contributed by atoms with E-state index in [1.165, 1.54) is 28.0 Å². The molecular formula is C21H14N4S. The van der Waals surface area contributed by atoms with Gasteiger partial charge in [-0.3, -0.25) is 4.98 Å². The highest BCUT2D eigenvalue weighted by Crippen LogP contribution is 2.46. The fourth-order valence-corrected chi connectivity index (χ4v) is 4.70. The van der Waals surface area contributed by atoms with Crippen molar-refractivity contribution in [3.05, 3.63) is 64.8 Å². The summed E-state index contributed by atoms with van der Waals surface area (Å²) < 4.78 is 0. The molecule has 0 saturated heterocycles. The van der Waals surface area contributed by atoms with Crippen molar-refractivity contribution in [2.75, 3.05) is 5.73 Å². The van der Waals surface area contributed by atoms with Gasteiger partial charge in [0.25, 0.3) is 0 Å². The minimum atomic E-state index is 0.522. The summed E-state index contributed by atoms with van der Waals surface area (Å²) in [6, 6.07) is 14.6. The third-order valence-corrected chi connectivity index (χ3v) is 5.95. The van der Waals surface area contributed by atoms with Gasteiger partial charge in [0.2, 0.25) is 0 Å². The van der Waals surface area contributed by atoms with Crippen LogP contribution < -0.4 is 5.73 Å². The van der Waals surface area contributed by atoms with E-state index in [9.17, 15) is 5.26 Å². The van der Waals surface area contributed by atoms with Crippen molar-refractivity contribution < 1.29 is 0 Å². The van der Waals surface area contributed by atoms with Crippen molar-refractivity contribution in [1.29, 1.82) is 5.26 Å². The number of nitrogen functional groups attached to an aromatic ring is 1. The highest BCUT2D eigenvalue weighted by atomic mass is 32.1. The zero-order valence-corrected chi connectivity index (χ0v) is 14.7. The third kappa shape index (κ3) is 2.06. The topological polar surface area (TPSA) is 75.6 Å². The summed E-state index contributed by atoms with van der Waals surface area (Å²) >= 11 is 1.36. The lowest BCUT2D eigenvalue weighted by Gasteiger charge is -2.22. The van der Waals surface area contributed by atoms with Gasteiger partial charge in [-0.05, 0) is 30.0 Å². The van der Waals surface area contributed by atoms with E-state index in [0.717, 1.165) is 39.9 Å². The van der Waals surface area contributed by atoms with Crippen LogP contribution in [0.1, 0.15) is 16.0 Å². The maximum Gasteiger partial charge on any atom is 0.130 e. The van der Waals surface area contributed by atoms with E-state index in [1.807, 2.05) is 24.4 Å². The van der Waals surface area contributed by atoms with Crippen LogP contribution in [0.4, 0.5) is 5.69 Å². The Labute approximate surface area is 154 Å². The molecule has 5 heteroatoms. The number of pyridine rings is 2. The Bertz CT molecular complexity index is 1200. The number of nitriles is 1. The van der Waals surface area contributed by atoms with E-state index in [2.05, 4.69) is 29.3 Å². The molecule has 0 bridgehead atoms. The second-order valence-corrected chi connectivity index (χ2v) is 7.35. The second kappa shape index (κ2) is 5.65. The molecule has 26 heavy (non-hydrogen) atoms. The van der Waals surface area contributed by atoms with Crippen LogP contribution in [0.15, 0.2) is 48.8 Å². The summed E-state index contributed by atoms with van der Waals surface area (Å²) in [7, 11) is 0. The van der Waals surface area contributed by atoms with Gasteiger partial charge in [-0.25, -0.2) is 4.98 Å². The number of hydrogen-bond acceptors (Lipinski definition) is 5. The molecular weight excluding hydrogens is 340 g/mol. The molecule has 4 nitrogen and oxygen atoms in total. The van der Waals surface area contributed by atoms with Crippen LogP contribution in [0.2, 0.25) is 0 Å². The lowest BCUT2D eigenvalue weighted by Crippen LogP contribution is -2.08. The summed E-state index contributed by atoms with van der Waals surface area (Å²) in [5.74, 6) is 0. The van der Waals surface area contributed by atoms with Gasteiger partial charge in [0.15, 0.2) is 0 Å². The molecule has 0 saturated carbocycles. The van der Waals surface area contributed by atoms with Gasteiger partial charge in [-0.1, -0.05) is 30.3 Å².